The summed E-state index contributed by atoms with van der Waals surface area (Å²) >= 11 is 0. The maximum Gasteiger partial charge on any atom is 0.226 e. The van der Waals surface area contributed by atoms with Crippen LogP contribution in [-0.2, 0) is 9.59 Å². The molecule has 1 aromatic rings. The Morgan fingerprint density at radius 1 is 1.25 bits per heavy atom. The van der Waals surface area contributed by atoms with E-state index in [0.717, 1.165) is 5.56 Å². The summed E-state index contributed by atoms with van der Waals surface area (Å²) in [5, 5.41) is 12.3. The van der Waals surface area contributed by atoms with Gasteiger partial charge in [-0.3, -0.25) is 4.79 Å². The summed E-state index contributed by atoms with van der Waals surface area (Å²) in [6.07, 6.45) is 0.886. The van der Waals surface area contributed by atoms with E-state index in [1.807, 2.05) is 44.2 Å². The van der Waals surface area contributed by atoms with Crippen molar-refractivity contribution in [3.05, 3.63) is 35.9 Å². The van der Waals surface area contributed by atoms with Gasteiger partial charge >= 0.3 is 0 Å². The molecular formula is C16H23NO3. The number of hydrogen-bond acceptors (Lipinski definition) is 3. The van der Waals surface area contributed by atoms with Crippen LogP contribution in [0.5, 0.6) is 0 Å². The topological polar surface area (TPSA) is 66.4 Å². The highest BCUT2D eigenvalue weighted by molar-refractivity contribution is 5.83. The second-order valence-corrected chi connectivity index (χ2v) is 5.71. The average Bonchev–Trinajstić information content (AvgIpc) is 2.43. The molecule has 1 rings (SSSR count). The Morgan fingerprint density at radius 2 is 1.85 bits per heavy atom. The van der Waals surface area contributed by atoms with Crippen LogP contribution in [-0.4, -0.2) is 23.4 Å². The molecule has 0 saturated carbocycles. The Bertz CT molecular complexity index is 454. The number of aliphatic hydroxyl groups is 1. The predicted molar refractivity (Wildman–Crippen MR) is 78.1 cm³/mol. The third-order valence-corrected chi connectivity index (χ3v) is 3.41. The number of benzene rings is 1. The highest BCUT2D eigenvalue weighted by Crippen LogP contribution is 2.24. The minimum absolute atomic E-state index is 0.0765. The van der Waals surface area contributed by atoms with Crippen molar-refractivity contribution in [2.24, 2.45) is 5.41 Å². The van der Waals surface area contributed by atoms with Gasteiger partial charge in [-0.05, 0) is 18.9 Å². The van der Waals surface area contributed by atoms with Crippen molar-refractivity contribution >= 4 is 11.7 Å². The number of aliphatic hydroxyl groups excluding tert-OH is 1. The second-order valence-electron chi connectivity index (χ2n) is 5.71. The Morgan fingerprint density at radius 3 is 2.35 bits per heavy atom. The summed E-state index contributed by atoms with van der Waals surface area (Å²) in [5.41, 5.74) is 0.235. The summed E-state index contributed by atoms with van der Waals surface area (Å²) in [6, 6.07) is 8.93. The first kappa shape index (κ1) is 16.4. The number of Topliss-reactive ketones (excluding diaryl/α,β-unsaturated/α-hetero) is 1. The molecule has 110 valence electrons. The zero-order chi connectivity index (χ0) is 15.2. The molecule has 20 heavy (non-hydrogen) atoms. The minimum Gasteiger partial charge on any atom is -0.394 e. The molecule has 0 bridgehead atoms. The van der Waals surface area contributed by atoms with Gasteiger partial charge in [-0.1, -0.05) is 44.2 Å². The van der Waals surface area contributed by atoms with Gasteiger partial charge in [-0.25, -0.2) is 0 Å². The average molecular weight is 277 g/mol. The van der Waals surface area contributed by atoms with Crippen LogP contribution in [0.1, 0.15) is 45.2 Å². The zero-order valence-electron chi connectivity index (χ0n) is 12.3. The Labute approximate surface area is 120 Å². The summed E-state index contributed by atoms with van der Waals surface area (Å²) in [5.74, 6) is -0.0747. The molecule has 0 aliphatic carbocycles. The van der Waals surface area contributed by atoms with E-state index >= 15 is 0 Å². The molecule has 1 atom stereocenters. The number of carbonyl (C=O) groups excluding carboxylic acids is 2. The van der Waals surface area contributed by atoms with Crippen LogP contribution in [0, 0.1) is 5.41 Å². The molecular weight excluding hydrogens is 254 g/mol. The van der Waals surface area contributed by atoms with E-state index in [1.165, 1.54) is 6.92 Å². The van der Waals surface area contributed by atoms with Gasteiger partial charge in [0.05, 0.1) is 12.6 Å². The molecule has 0 spiro atoms. The highest BCUT2D eigenvalue weighted by atomic mass is 16.3. The third-order valence-electron chi connectivity index (χ3n) is 3.41. The van der Waals surface area contributed by atoms with Crippen LogP contribution in [0.3, 0.4) is 0 Å². The number of amides is 1. The van der Waals surface area contributed by atoms with E-state index in [4.69, 9.17) is 0 Å². The molecule has 0 aromatic heterocycles. The summed E-state index contributed by atoms with van der Waals surface area (Å²) in [6.45, 7) is 4.99. The Kier molecular flexibility index (Phi) is 5.89. The van der Waals surface area contributed by atoms with Crippen LogP contribution >= 0.6 is 0 Å². The standard InChI is InChI=1S/C16H23NO3/c1-12(19)9-10-16(2,3)15(20)17-14(11-18)13-7-5-4-6-8-13/h4-8,14,18H,9-11H2,1-3H3,(H,17,20)/t14-/m1/s1. The fraction of sp³-hybridized carbons (Fsp3) is 0.500. The molecule has 0 radical (unpaired) electrons. The van der Waals surface area contributed by atoms with Crippen molar-refractivity contribution in [1.29, 1.82) is 0 Å². The SMILES string of the molecule is CC(=O)CCC(C)(C)C(=O)N[C@H](CO)c1ccccc1. The highest BCUT2D eigenvalue weighted by Gasteiger charge is 2.29. The van der Waals surface area contributed by atoms with Gasteiger partial charge in [0.25, 0.3) is 0 Å². The van der Waals surface area contributed by atoms with Crippen molar-refractivity contribution < 1.29 is 14.7 Å². The van der Waals surface area contributed by atoms with E-state index in [1.54, 1.807) is 0 Å². The molecule has 0 unspecified atom stereocenters. The Balaban J connectivity index is 2.70. The summed E-state index contributed by atoms with van der Waals surface area (Å²) in [4.78, 5) is 23.3. The van der Waals surface area contributed by atoms with Gasteiger partial charge in [-0.2, -0.15) is 0 Å². The molecule has 4 heteroatoms. The molecule has 0 saturated heterocycles. The van der Waals surface area contributed by atoms with Gasteiger partial charge in [0, 0.05) is 11.8 Å². The first-order valence-electron chi connectivity index (χ1n) is 6.83. The maximum atomic E-state index is 12.3. The minimum atomic E-state index is -0.631. The molecule has 0 aliphatic rings. The number of hydrogen-bond donors (Lipinski definition) is 2. The number of carbonyl (C=O) groups is 2. The molecule has 4 nitrogen and oxygen atoms in total. The lowest BCUT2D eigenvalue weighted by molar-refractivity contribution is -0.131. The quantitative estimate of drug-likeness (QED) is 0.803. The molecule has 0 fully saturated rings. The normalized spacial score (nSPS) is 12.8. The van der Waals surface area contributed by atoms with Crippen molar-refractivity contribution in [3.8, 4) is 0 Å². The molecule has 1 aromatic carbocycles. The largest absolute Gasteiger partial charge is 0.394 e. The molecule has 0 heterocycles. The maximum absolute atomic E-state index is 12.3. The first-order chi connectivity index (χ1) is 9.36. The molecule has 2 N–H and O–H groups in total. The number of rotatable bonds is 7. The van der Waals surface area contributed by atoms with Crippen molar-refractivity contribution in [2.75, 3.05) is 6.61 Å². The van der Waals surface area contributed by atoms with E-state index < -0.39 is 11.5 Å². The monoisotopic (exact) mass is 277 g/mol. The van der Waals surface area contributed by atoms with Crippen LogP contribution in [0.15, 0.2) is 30.3 Å². The van der Waals surface area contributed by atoms with E-state index in [9.17, 15) is 14.7 Å². The fourth-order valence-corrected chi connectivity index (χ4v) is 1.88. The second kappa shape index (κ2) is 7.20. The lowest BCUT2D eigenvalue weighted by atomic mass is 9.85. The van der Waals surface area contributed by atoms with E-state index in [-0.39, 0.29) is 18.3 Å². The molecule has 0 aliphatic heterocycles. The zero-order valence-corrected chi connectivity index (χ0v) is 12.3. The third kappa shape index (κ3) is 4.78. The first-order valence-corrected chi connectivity index (χ1v) is 6.83. The number of ketones is 1. The van der Waals surface area contributed by atoms with Crippen molar-refractivity contribution in [1.82, 2.24) is 5.32 Å². The van der Waals surface area contributed by atoms with Crippen LogP contribution in [0.25, 0.3) is 0 Å². The van der Waals surface area contributed by atoms with Crippen molar-refractivity contribution in [2.45, 2.75) is 39.7 Å². The Hall–Kier alpha value is -1.68. The van der Waals surface area contributed by atoms with Gasteiger partial charge < -0.3 is 15.2 Å². The van der Waals surface area contributed by atoms with Crippen LogP contribution in [0.2, 0.25) is 0 Å². The van der Waals surface area contributed by atoms with Crippen LogP contribution in [0.4, 0.5) is 0 Å². The lowest BCUT2D eigenvalue weighted by Gasteiger charge is -2.26. The van der Waals surface area contributed by atoms with E-state index in [0.29, 0.717) is 12.8 Å². The fourth-order valence-electron chi connectivity index (χ4n) is 1.88. The smallest absolute Gasteiger partial charge is 0.226 e. The van der Waals surface area contributed by atoms with Gasteiger partial charge in [0.2, 0.25) is 5.91 Å². The lowest BCUT2D eigenvalue weighted by Crippen LogP contribution is -2.40. The van der Waals surface area contributed by atoms with Gasteiger partial charge in [0.1, 0.15) is 5.78 Å². The predicted octanol–water partition coefficient (Wildman–Crippen LogP) is 2.23. The summed E-state index contributed by atoms with van der Waals surface area (Å²) < 4.78 is 0. The van der Waals surface area contributed by atoms with Gasteiger partial charge in [0.15, 0.2) is 0 Å². The van der Waals surface area contributed by atoms with Crippen molar-refractivity contribution in [3.63, 3.8) is 0 Å². The van der Waals surface area contributed by atoms with Gasteiger partial charge in [-0.15, -0.1) is 0 Å². The van der Waals surface area contributed by atoms with E-state index in [2.05, 4.69) is 5.32 Å². The number of nitrogens with one attached hydrogen (secondary N) is 1. The molecule has 1 amide bonds. The van der Waals surface area contributed by atoms with Crippen LogP contribution < -0.4 is 5.32 Å². The summed E-state index contributed by atoms with van der Waals surface area (Å²) in [7, 11) is 0.